The van der Waals surface area contributed by atoms with E-state index in [1.807, 2.05) is 37.0 Å². The minimum Gasteiger partial charge on any atom is -0.378 e. The topological polar surface area (TPSA) is 94.4 Å². The zero-order valence-electron chi connectivity index (χ0n) is 17.4. The van der Waals surface area contributed by atoms with Gasteiger partial charge in [-0.3, -0.25) is 4.98 Å². The number of nitrogens with one attached hydrogen (secondary N) is 1. The summed E-state index contributed by atoms with van der Waals surface area (Å²) < 4.78 is 6.69. The lowest BCUT2D eigenvalue weighted by atomic mass is 10.0. The summed E-state index contributed by atoms with van der Waals surface area (Å²) >= 11 is 0. The van der Waals surface area contributed by atoms with Crippen molar-refractivity contribution in [2.45, 2.75) is 60.1 Å². The summed E-state index contributed by atoms with van der Waals surface area (Å²) in [6, 6.07) is 1.99. The minimum atomic E-state index is 0.00135. The van der Waals surface area contributed by atoms with Crippen molar-refractivity contribution in [3.05, 3.63) is 42.1 Å². The molecule has 8 heteroatoms. The fourth-order valence-electron chi connectivity index (χ4n) is 2.02. The molecule has 0 radical (unpaired) electrons. The summed E-state index contributed by atoms with van der Waals surface area (Å²) in [5.41, 5.74) is 3.93. The van der Waals surface area contributed by atoms with Crippen LogP contribution in [-0.4, -0.2) is 42.5 Å². The van der Waals surface area contributed by atoms with Crippen molar-refractivity contribution in [1.82, 2.24) is 35.4 Å². The monoisotopic (exact) mass is 373 g/mol. The van der Waals surface area contributed by atoms with Gasteiger partial charge in [0.1, 0.15) is 11.4 Å². The molecule has 0 aliphatic carbocycles. The Balaban J connectivity index is 0.000000305. The molecule has 3 aromatic rings. The van der Waals surface area contributed by atoms with Crippen LogP contribution in [-0.2, 0) is 16.9 Å². The molecule has 8 nitrogen and oxygen atoms in total. The Kier molecular flexibility index (Phi) is 9.29. The molecule has 3 heterocycles. The van der Waals surface area contributed by atoms with E-state index >= 15 is 0 Å². The smallest absolute Gasteiger partial charge is 0.114 e. The molecule has 0 saturated carbocycles. The first-order valence-electron chi connectivity index (χ1n) is 9.15. The van der Waals surface area contributed by atoms with Gasteiger partial charge in [0.05, 0.1) is 24.5 Å². The van der Waals surface area contributed by atoms with Gasteiger partial charge < -0.3 is 4.74 Å². The van der Waals surface area contributed by atoms with Crippen molar-refractivity contribution in [3.8, 4) is 11.3 Å². The highest BCUT2D eigenvalue weighted by Gasteiger charge is 2.20. The number of hydrogen-bond acceptors (Lipinski definition) is 6. The van der Waals surface area contributed by atoms with Crippen LogP contribution < -0.4 is 0 Å². The molecule has 0 saturated heterocycles. The van der Waals surface area contributed by atoms with Gasteiger partial charge >= 0.3 is 0 Å². The van der Waals surface area contributed by atoms with Crippen LogP contribution in [0.15, 0.2) is 30.9 Å². The van der Waals surface area contributed by atoms with Gasteiger partial charge in [0, 0.05) is 25.1 Å². The number of pyridine rings is 1. The van der Waals surface area contributed by atoms with Crippen molar-refractivity contribution in [3.63, 3.8) is 0 Å². The average molecular weight is 374 g/mol. The number of aryl methyl sites for hydroxylation is 1. The lowest BCUT2D eigenvalue weighted by molar-refractivity contribution is 0.181. The van der Waals surface area contributed by atoms with Gasteiger partial charge in [-0.05, 0) is 38.8 Å². The summed E-state index contributed by atoms with van der Waals surface area (Å²) in [4.78, 5) is 4.14. The van der Waals surface area contributed by atoms with Gasteiger partial charge in [-0.2, -0.15) is 15.4 Å². The Morgan fingerprint density at radius 3 is 2.52 bits per heavy atom. The van der Waals surface area contributed by atoms with E-state index in [9.17, 15) is 0 Å². The molecule has 0 spiro atoms. The number of hydrogen-bond donors (Lipinski definition) is 1. The van der Waals surface area contributed by atoms with Crippen LogP contribution in [0.3, 0.4) is 0 Å². The summed E-state index contributed by atoms with van der Waals surface area (Å²) in [5.74, 6) is 0. The predicted octanol–water partition coefficient (Wildman–Crippen LogP) is 3.77. The maximum atomic E-state index is 4.76. The first kappa shape index (κ1) is 22.4. The maximum absolute atomic E-state index is 4.76. The van der Waals surface area contributed by atoms with E-state index in [-0.39, 0.29) is 5.54 Å². The van der Waals surface area contributed by atoms with Gasteiger partial charge in [0.25, 0.3) is 0 Å². The van der Waals surface area contributed by atoms with Crippen molar-refractivity contribution in [2.75, 3.05) is 7.11 Å². The van der Waals surface area contributed by atoms with E-state index in [1.54, 1.807) is 19.5 Å². The number of rotatable bonds is 5. The van der Waals surface area contributed by atoms with E-state index in [2.05, 4.69) is 58.4 Å². The molecule has 0 aliphatic rings. The molecule has 3 rings (SSSR count). The quantitative estimate of drug-likeness (QED) is 0.731. The molecule has 0 bridgehead atoms. The SMILES string of the molecule is CC.CCC(C)(C)n1cc(-c2cnccc2C)nn1.COCc1cn[nH]n1. The first-order chi connectivity index (χ1) is 13.0. The van der Waals surface area contributed by atoms with Crippen LogP contribution in [0.1, 0.15) is 52.3 Å². The Morgan fingerprint density at radius 2 is 1.96 bits per heavy atom. The highest BCUT2D eigenvalue weighted by molar-refractivity contribution is 5.60. The molecule has 0 amide bonds. The van der Waals surface area contributed by atoms with Gasteiger partial charge in [0.15, 0.2) is 0 Å². The summed E-state index contributed by atoms with van der Waals surface area (Å²) in [7, 11) is 1.62. The lowest BCUT2D eigenvalue weighted by Crippen LogP contribution is -2.25. The van der Waals surface area contributed by atoms with Crippen LogP contribution in [0.4, 0.5) is 0 Å². The number of methoxy groups -OCH3 is 1. The van der Waals surface area contributed by atoms with Crippen molar-refractivity contribution < 1.29 is 4.74 Å². The molecule has 27 heavy (non-hydrogen) atoms. The lowest BCUT2D eigenvalue weighted by Gasteiger charge is -2.22. The molecular formula is C19H31N7O. The third-order valence-corrected chi connectivity index (χ3v) is 4.05. The van der Waals surface area contributed by atoms with Crippen LogP contribution in [0, 0.1) is 6.92 Å². The summed E-state index contributed by atoms with van der Waals surface area (Å²) in [6.07, 6.45) is 8.26. The molecule has 0 unspecified atom stereocenters. The van der Waals surface area contributed by atoms with E-state index in [1.165, 1.54) is 5.56 Å². The molecule has 0 fully saturated rings. The van der Waals surface area contributed by atoms with Crippen molar-refractivity contribution in [2.24, 2.45) is 0 Å². The Hall–Kier alpha value is -2.61. The third-order valence-electron chi connectivity index (χ3n) is 4.05. The fraction of sp³-hybridized carbons (Fsp3) is 0.526. The highest BCUT2D eigenvalue weighted by atomic mass is 16.5. The number of aromatic nitrogens is 7. The van der Waals surface area contributed by atoms with Gasteiger partial charge in [-0.15, -0.1) is 5.10 Å². The number of aromatic amines is 1. The first-order valence-corrected chi connectivity index (χ1v) is 9.15. The van der Waals surface area contributed by atoms with Crippen LogP contribution in [0.2, 0.25) is 0 Å². The largest absolute Gasteiger partial charge is 0.378 e. The van der Waals surface area contributed by atoms with Gasteiger partial charge in [0.2, 0.25) is 0 Å². The van der Waals surface area contributed by atoms with Crippen molar-refractivity contribution >= 4 is 0 Å². The number of H-pyrrole nitrogens is 1. The molecule has 1 N–H and O–H groups in total. The molecule has 3 aromatic heterocycles. The zero-order valence-corrected chi connectivity index (χ0v) is 17.4. The minimum absolute atomic E-state index is 0.00135. The third kappa shape index (κ3) is 6.56. The second kappa shape index (κ2) is 11.2. The Bertz CT molecular complexity index is 766. The highest BCUT2D eigenvalue weighted by Crippen LogP contribution is 2.23. The second-order valence-corrected chi connectivity index (χ2v) is 6.30. The molecular weight excluding hydrogens is 342 g/mol. The molecule has 148 valence electrons. The summed E-state index contributed by atoms with van der Waals surface area (Å²) in [5, 5.41) is 18.3. The van der Waals surface area contributed by atoms with E-state index < -0.39 is 0 Å². The standard InChI is InChI=1S/C13H18N4.C4H7N3O.C2H6/c1-5-13(3,4)17-9-12(15-16-17)11-8-14-7-6-10(11)2;1-8-3-4-2-5-7-6-4;1-2/h6-9H,5H2,1-4H3;2H,3H2,1H3,(H,5,6,7);1-2H3. The molecule has 0 aromatic carbocycles. The van der Waals surface area contributed by atoms with E-state index in [4.69, 9.17) is 4.74 Å². The van der Waals surface area contributed by atoms with Crippen LogP contribution >= 0.6 is 0 Å². The molecule has 0 atom stereocenters. The van der Waals surface area contributed by atoms with Gasteiger partial charge in [-0.1, -0.05) is 26.0 Å². The van der Waals surface area contributed by atoms with E-state index in [0.29, 0.717) is 6.61 Å². The second-order valence-electron chi connectivity index (χ2n) is 6.30. The Labute approximate surface area is 161 Å². The number of ether oxygens (including phenoxy) is 1. The summed E-state index contributed by atoms with van der Waals surface area (Å²) in [6.45, 7) is 13.0. The zero-order chi connectivity index (χ0) is 20.3. The van der Waals surface area contributed by atoms with Crippen LogP contribution in [0.25, 0.3) is 11.3 Å². The van der Waals surface area contributed by atoms with Crippen LogP contribution in [0.5, 0.6) is 0 Å². The predicted molar refractivity (Wildman–Crippen MR) is 106 cm³/mol. The maximum Gasteiger partial charge on any atom is 0.114 e. The Morgan fingerprint density at radius 1 is 1.22 bits per heavy atom. The molecule has 0 aliphatic heterocycles. The fourth-order valence-corrected chi connectivity index (χ4v) is 2.02. The van der Waals surface area contributed by atoms with E-state index in [0.717, 1.165) is 23.4 Å². The normalized spacial score (nSPS) is 10.5. The number of nitrogens with zero attached hydrogens (tertiary/aromatic N) is 6. The van der Waals surface area contributed by atoms with Gasteiger partial charge in [-0.25, -0.2) is 4.68 Å². The average Bonchev–Trinajstić information content (AvgIpc) is 3.37. The van der Waals surface area contributed by atoms with Crippen molar-refractivity contribution in [1.29, 1.82) is 0 Å².